The first-order valence-corrected chi connectivity index (χ1v) is 8.83. The summed E-state index contributed by atoms with van der Waals surface area (Å²) in [6.07, 6.45) is 15.2. The summed E-state index contributed by atoms with van der Waals surface area (Å²) in [6.45, 7) is 8.63. The van der Waals surface area contributed by atoms with Gasteiger partial charge in [0.1, 0.15) is 0 Å². The molecule has 0 aromatic carbocycles. The molecular formula is C19H32NO2. The standard InChI is InChI=1S/C19H32NO2/c1-18(2)14-9-15-19(3,4)20(18)22-17(21)11-8-6-5-7-10-16-12-13-16/h7,10-11,16H,5-6,8-9,12-15H2,1-4H3/b10-7+,17-11?. The maximum atomic E-state index is 12.1. The second-order valence-corrected chi connectivity index (χ2v) is 8.08. The maximum absolute atomic E-state index is 12.1. The van der Waals surface area contributed by atoms with Crippen molar-refractivity contribution in [1.82, 2.24) is 5.06 Å². The van der Waals surface area contributed by atoms with Crippen LogP contribution in [0.5, 0.6) is 0 Å². The monoisotopic (exact) mass is 306 g/mol. The minimum absolute atomic E-state index is 0.0851. The highest BCUT2D eigenvalue weighted by atomic mass is 16.7. The molecular weight excluding hydrogens is 274 g/mol. The molecule has 2 rings (SSSR count). The molecule has 1 saturated carbocycles. The second kappa shape index (κ2) is 7.08. The van der Waals surface area contributed by atoms with Gasteiger partial charge in [-0.05, 0) is 85.0 Å². The lowest BCUT2D eigenvalue weighted by Gasteiger charge is -2.50. The fourth-order valence-electron chi connectivity index (χ4n) is 3.38. The normalized spacial score (nSPS) is 25.5. The van der Waals surface area contributed by atoms with Gasteiger partial charge in [0.2, 0.25) is 0 Å². The Labute approximate surface area is 136 Å². The van der Waals surface area contributed by atoms with Crippen LogP contribution in [-0.4, -0.2) is 16.1 Å². The Kier molecular flexibility index (Phi) is 5.60. The lowest BCUT2D eigenvalue weighted by atomic mass is 9.82. The number of unbranched alkanes of at least 4 members (excludes halogenated alkanes) is 2. The molecule has 0 amide bonds. The van der Waals surface area contributed by atoms with Crippen LogP contribution in [0.15, 0.2) is 24.2 Å². The molecule has 3 heteroatoms. The van der Waals surface area contributed by atoms with Gasteiger partial charge in [-0.3, -0.25) is 0 Å². The van der Waals surface area contributed by atoms with E-state index in [0.29, 0.717) is 0 Å². The summed E-state index contributed by atoms with van der Waals surface area (Å²) >= 11 is 0. The highest BCUT2D eigenvalue weighted by molar-refractivity contribution is 4.97. The average molecular weight is 306 g/mol. The van der Waals surface area contributed by atoms with E-state index in [1.807, 2.05) is 5.06 Å². The molecule has 1 aliphatic heterocycles. The van der Waals surface area contributed by atoms with Crippen molar-refractivity contribution in [3.8, 4) is 0 Å². The summed E-state index contributed by atoms with van der Waals surface area (Å²) in [5.74, 6) is 0.645. The number of rotatable bonds is 7. The molecule has 0 aromatic rings. The first-order valence-electron chi connectivity index (χ1n) is 8.83. The van der Waals surface area contributed by atoms with E-state index in [9.17, 15) is 5.11 Å². The van der Waals surface area contributed by atoms with Gasteiger partial charge in [-0.2, -0.15) is 0 Å². The molecule has 1 saturated heterocycles. The van der Waals surface area contributed by atoms with Crippen LogP contribution in [0.4, 0.5) is 0 Å². The van der Waals surface area contributed by atoms with Crippen molar-refractivity contribution in [2.75, 3.05) is 0 Å². The average Bonchev–Trinajstić information content (AvgIpc) is 3.22. The van der Waals surface area contributed by atoms with E-state index < -0.39 is 0 Å². The topological polar surface area (TPSA) is 32.4 Å². The molecule has 1 heterocycles. The van der Waals surface area contributed by atoms with Gasteiger partial charge >= 0.3 is 5.95 Å². The van der Waals surface area contributed by atoms with E-state index in [1.54, 1.807) is 6.08 Å². The zero-order valence-corrected chi connectivity index (χ0v) is 14.7. The van der Waals surface area contributed by atoms with Gasteiger partial charge < -0.3 is 4.84 Å². The summed E-state index contributed by atoms with van der Waals surface area (Å²) in [4.78, 5) is 5.70. The van der Waals surface area contributed by atoms with Gasteiger partial charge in [0.25, 0.3) is 0 Å². The Morgan fingerprint density at radius 2 is 1.77 bits per heavy atom. The largest absolute Gasteiger partial charge is 0.363 e. The molecule has 1 radical (unpaired) electrons. The molecule has 125 valence electrons. The number of hydroxylamine groups is 2. The Hall–Kier alpha value is -0.960. The Morgan fingerprint density at radius 3 is 2.36 bits per heavy atom. The molecule has 3 nitrogen and oxygen atoms in total. The van der Waals surface area contributed by atoms with Crippen molar-refractivity contribution < 1.29 is 9.94 Å². The highest BCUT2D eigenvalue weighted by Crippen LogP contribution is 2.39. The molecule has 0 unspecified atom stereocenters. The van der Waals surface area contributed by atoms with Crippen LogP contribution in [0.2, 0.25) is 0 Å². The predicted molar refractivity (Wildman–Crippen MR) is 89.4 cm³/mol. The Morgan fingerprint density at radius 1 is 1.14 bits per heavy atom. The molecule has 0 bridgehead atoms. The molecule has 1 aliphatic carbocycles. The summed E-state index contributed by atoms with van der Waals surface area (Å²) in [5, 5.41) is 14.0. The van der Waals surface area contributed by atoms with Crippen LogP contribution in [0.3, 0.4) is 0 Å². The van der Waals surface area contributed by atoms with Crippen molar-refractivity contribution in [1.29, 1.82) is 0 Å². The third-order valence-corrected chi connectivity index (χ3v) is 4.77. The van der Waals surface area contributed by atoms with Gasteiger partial charge in [0.05, 0.1) is 11.1 Å². The van der Waals surface area contributed by atoms with Gasteiger partial charge in [0.15, 0.2) is 0 Å². The fraction of sp³-hybridized carbons (Fsp3) is 0.789. The smallest absolute Gasteiger partial charge is 0.345 e. The minimum atomic E-state index is -0.200. The quantitative estimate of drug-likeness (QED) is 0.360. The number of hydrogen-bond acceptors (Lipinski definition) is 2. The summed E-state index contributed by atoms with van der Waals surface area (Å²) in [6, 6.07) is 0. The van der Waals surface area contributed by atoms with Crippen molar-refractivity contribution in [2.24, 2.45) is 5.92 Å². The zero-order valence-electron chi connectivity index (χ0n) is 14.7. The summed E-state index contributed by atoms with van der Waals surface area (Å²) in [7, 11) is 0. The molecule has 22 heavy (non-hydrogen) atoms. The first-order chi connectivity index (χ1) is 10.3. The van der Waals surface area contributed by atoms with E-state index in [4.69, 9.17) is 4.84 Å². The van der Waals surface area contributed by atoms with E-state index in [-0.39, 0.29) is 17.0 Å². The SMILES string of the molecule is CC1(C)CCCC(C)(C)N1OC([O])=CCCC/C=C/C1CC1. The summed E-state index contributed by atoms with van der Waals surface area (Å²) < 4.78 is 0. The third-order valence-electron chi connectivity index (χ3n) is 4.77. The van der Waals surface area contributed by atoms with Gasteiger partial charge in [-0.15, -0.1) is 5.06 Å². The lowest BCUT2D eigenvalue weighted by Crippen LogP contribution is -2.57. The van der Waals surface area contributed by atoms with E-state index in [1.165, 1.54) is 19.3 Å². The number of hydrogen-bond donors (Lipinski definition) is 0. The highest BCUT2D eigenvalue weighted by Gasteiger charge is 2.44. The Bertz CT molecular complexity index is 403. The van der Waals surface area contributed by atoms with Crippen LogP contribution in [-0.2, 0) is 9.94 Å². The van der Waals surface area contributed by atoms with Crippen LogP contribution >= 0.6 is 0 Å². The van der Waals surface area contributed by atoms with Crippen molar-refractivity contribution in [3.63, 3.8) is 0 Å². The molecule has 0 N–H and O–H groups in total. The number of allylic oxidation sites excluding steroid dienone is 3. The molecule has 0 atom stereocenters. The van der Waals surface area contributed by atoms with Crippen LogP contribution in [0.1, 0.15) is 79.1 Å². The van der Waals surface area contributed by atoms with Crippen molar-refractivity contribution >= 4 is 0 Å². The third kappa shape index (κ3) is 5.05. The molecule has 0 spiro atoms. The molecule has 2 fully saturated rings. The zero-order chi connectivity index (χ0) is 16.2. The number of piperidine rings is 1. The van der Waals surface area contributed by atoms with Gasteiger partial charge in [-0.1, -0.05) is 12.2 Å². The minimum Gasteiger partial charge on any atom is -0.363 e. The fourth-order valence-corrected chi connectivity index (χ4v) is 3.38. The maximum Gasteiger partial charge on any atom is 0.345 e. The van der Waals surface area contributed by atoms with E-state index in [0.717, 1.165) is 38.0 Å². The Balaban J connectivity index is 1.78. The first kappa shape index (κ1) is 17.4. The summed E-state index contributed by atoms with van der Waals surface area (Å²) in [5.41, 5.74) is -0.170. The second-order valence-electron chi connectivity index (χ2n) is 8.08. The van der Waals surface area contributed by atoms with E-state index in [2.05, 4.69) is 39.8 Å². The van der Waals surface area contributed by atoms with Crippen molar-refractivity contribution in [3.05, 3.63) is 24.2 Å². The molecule has 2 aliphatic rings. The van der Waals surface area contributed by atoms with Crippen LogP contribution < -0.4 is 0 Å². The predicted octanol–water partition coefficient (Wildman–Crippen LogP) is 5.37. The lowest BCUT2D eigenvalue weighted by molar-refractivity contribution is -0.281. The van der Waals surface area contributed by atoms with E-state index >= 15 is 0 Å². The van der Waals surface area contributed by atoms with Crippen LogP contribution in [0.25, 0.3) is 0 Å². The van der Waals surface area contributed by atoms with Gasteiger partial charge in [0, 0.05) is 6.08 Å². The van der Waals surface area contributed by atoms with Crippen LogP contribution in [0, 0.1) is 5.92 Å². The van der Waals surface area contributed by atoms with Crippen molar-refractivity contribution in [2.45, 2.75) is 90.1 Å². The molecule has 0 aromatic heterocycles. The van der Waals surface area contributed by atoms with Gasteiger partial charge in [-0.25, -0.2) is 5.11 Å². The number of nitrogens with zero attached hydrogens (tertiary/aromatic N) is 1.